The number of phenolic OH excluding ortho intramolecular Hbond substituents is 1. The van der Waals surface area contributed by atoms with E-state index in [0.717, 1.165) is 6.42 Å². The molecule has 1 amide bonds. The van der Waals surface area contributed by atoms with Crippen LogP contribution in [0, 0.1) is 5.92 Å². The maximum absolute atomic E-state index is 11.9. The molecule has 0 aromatic heterocycles. The predicted octanol–water partition coefficient (Wildman–Crippen LogP) is 3.21. The van der Waals surface area contributed by atoms with Crippen molar-refractivity contribution in [1.29, 1.82) is 0 Å². The number of hydrogen-bond acceptors (Lipinski definition) is 2. The van der Waals surface area contributed by atoms with Crippen molar-refractivity contribution < 1.29 is 9.90 Å². The van der Waals surface area contributed by atoms with E-state index in [1.165, 1.54) is 12.1 Å². The predicted molar refractivity (Wildman–Crippen MR) is 69.5 cm³/mol. The van der Waals surface area contributed by atoms with E-state index in [9.17, 15) is 9.90 Å². The first-order valence-corrected chi connectivity index (χ1v) is 6.12. The molecule has 0 aliphatic carbocycles. The third-order valence-corrected chi connectivity index (χ3v) is 3.30. The van der Waals surface area contributed by atoms with Gasteiger partial charge in [-0.2, -0.15) is 0 Å². The van der Waals surface area contributed by atoms with Gasteiger partial charge in [-0.1, -0.05) is 31.9 Å². The monoisotopic (exact) mass is 255 g/mol. The molecule has 0 heterocycles. The summed E-state index contributed by atoms with van der Waals surface area (Å²) < 4.78 is 0. The van der Waals surface area contributed by atoms with Crippen LogP contribution >= 0.6 is 11.6 Å². The van der Waals surface area contributed by atoms with Gasteiger partial charge in [-0.3, -0.25) is 4.79 Å². The lowest BCUT2D eigenvalue weighted by Gasteiger charge is -2.20. The van der Waals surface area contributed by atoms with Gasteiger partial charge in [-0.15, -0.1) is 0 Å². The number of carbonyl (C=O) groups is 1. The summed E-state index contributed by atoms with van der Waals surface area (Å²) in [4.78, 5) is 11.9. The van der Waals surface area contributed by atoms with Crippen molar-refractivity contribution >= 4 is 17.5 Å². The topological polar surface area (TPSA) is 49.3 Å². The molecule has 0 saturated carbocycles. The first-order chi connectivity index (χ1) is 7.95. The van der Waals surface area contributed by atoms with Crippen molar-refractivity contribution in [1.82, 2.24) is 5.32 Å². The molecule has 94 valence electrons. The van der Waals surface area contributed by atoms with Crippen molar-refractivity contribution in [2.45, 2.75) is 33.2 Å². The van der Waals surface area contributed by atoms with Crippen LogP contribution in [0.15, 0.2) is 18.2 Å². The third-order valence-electron chi connectivity index (χ3n) is 3.06. The van der Waals surface area contributed by atoms with Gasteiger partial charge in [-0.25, -0.2) is 0 Å². The molecule has 0 aliphatic rings. The van der Waals surface area contributed by atoms with E-state index in [4.69, 9.17) is 11.6 Å². The quantitative estimate of drug-likeness (QED) is 0.868. The van der Waals surface area contributed by atoms with Gasteiger partial charge in [0.2, 0.25) is 0 Å². The number of rotatable bonds is 4. The Kier molecular flexibility index (Phi) is 4.82. The highest BCUT2D eigenvalue weighted by atomic mass is 35.5. The highest BCUT2D eigenvalue weighted by Crippen LogP contribution is 2.22. The first kappa shape index (κ1) is 13.8. The lowest BCUT2D eigenvalue weighted by Crippen LogP contribution is -2.36. The minimum Gasteiger partial charge on any atom is -0.507 e. The van der Waals surface area contributed by atoms with Crippen molar-refractivity contribution in [3.63, 3.8) is 0 Å². The Morgan fingerprint density at radius 1 is 1.47 bits per heavy atom. The van der Waals surface area contributed by atoms with E-state index in [0.29, 0.717) is 10.9 Å². The number of aromatic hydroxyl groups is 1. The summed E-state index contributed by atoms with van der Waals surface area (Å²) >= 11 is 5.71. The minimum atomic E-state index is -0.271. The van der Waals surface area contributed by atoms with Crippen LogP contribution in [0.25, 0.3) is 0 Å². The van der Waals surface area contributed by atoms with Gasteiger partial charge in [-0.05, 0) is 31.0 Å². The molecule has 2 unspecified atom stereocenters. The fraction of sp³-hybridized carbons (Fsp3) is 0.462. The molecule has 1 rings (SSSR count). The zero-order valence-electron chi connectivity index (χ0n) is 10.3. The average Bonchev–Trinajstić information content (AvgIpc) is 2.27. The molecule has 0 saturated heterocycles. The second-order valence-corrected chi connectivity index (χ2v) is 4.75. The zero-order chi connectivity index (χ0) is 13.0. The van der Waals surface area contributed by atoms with E-state index >= 15 is 0 Å². The molecule has 17 heavy (non-hydrogen) atoms. The fourth-order valence-corrected chi connectivity index (χ4v) is 1.64. The standard InChI is InChI=1S/C13H18ClNO2/c1-4-8(2)9(3)15-13(17)11-6-5-10(14)7-12(11)16/h5-9,16H,4H2,1-3H3,(H,15,17). The number of carbonyl (C=O) groups excluding carboxylic acids is 1. The Hall–Kier alpha value is -1.22. The number of halogens is 1. The Balaban J connectivity index is 2.76. The lowest BCUT2D eigenvalue weighted by atomic mass is 10.0. The smallest absolute Gasteiger partial charge is 0.255 e. The molecule has 0 spiro atoms. The SMILES string of the molecule is CCC(C)C(C)NC(=O)c1ccc(Cl)cc1O. The normalized spacial score (nSPS) is 14.1. The van der Waals surface area contributed by atoms with Gasteiger partial charge in [0, 0.05) is 11.1 Å². The largest absolute Gasteiger partial charge is 0.507 e. The zero-order valence-corrected chi connectivity index (χ0v) is 11.1. The van der Waals surface area contributed by atoms with Crippen molar-refractivity contribution in [2.75, 3.05) is 0 Å². The summed E-state index contributed by atoms with van der Waals surface area (Å²) in [6, 6.07) is 4.55. The molecular formula is C13H18ClNO2. The molecular weight excluding hydrogens is 238 g/mol. The van der Waals surface area contributed by atoms with E-state index in [1.54, 1.807) is 6.07 Å². The molecule has 2 N–H and O–H groups in total. The Bertz CT molecular complexity index is 406. The van der Waals surface area contributed by atoms with Gasteiger partial charge in [0.25, 0.3) is 5.91 Å². The van der Waals surface area contributed by atoms with Crippen molar-refractivity contribution in [3.05, 3.63) is 28.8 Å². The lowest BCUT2D eigenvalue weighted by molar-refractivity contribution is 0.0925. The maximum atomic E-state index is 11.9. The van der Waals surface area contributed by atoms with Crippen LogP contribution in [0.2, 0.25) is 5.02 Å². The van der Waals surface area contributed by atoms with Crippen LogP contribution in [0.5, 0.6) is 5.75 Å². The molecule has 0 aliphatic heterocycles. The Labute approximate surface area is 107 Å². The molecule has 2 atom stereocenters. The Morgan fingerprint density at radius 2 is 2.12 bits per heavy atom. The minimum absolute atomic E-state index is 0.0718. The number of benzene rings is 1. The van der Waals surface area contributed by atoms with Gasteiger partial charge >= 0.3 is 0 Å². The van der Waals surface area contributed by atoms with E-state index in [2.05, 4.69) is 19.2 Å². The summed E-state index contributed by atoms with van der Waals surface area (Å²) in [6.45, 7) is 6.11. The number of nitrogens with one attached hydrogen (secondary N) is 1. The van der Waals surface area contributed by atoms with Crippen molar-refractivity contribution in [2.24, 2.45) is 5.92 Å². The molecule has 0 radical (unpaired) electrons. The van der Waals surface area contributed by atoms with Crippen LogP contribution in [0.3, 0.4) is 0 Å². The first-order valence-electron chi connectivity index (χ1n) is 5.75. The highest BCUT2D eigenvalue weighted by Gasteiger charge is 2.16. The second-order valence-electron chi connectivity index (χ2n) is 4.31. The maximum Gasteiger partial charge on any atom is 0.255 e. The van der Waals surface area contributed by atoms with Crippen LogP contribution in [-0.4, -0.2) is 17.1 Å². The van der Waals surface area contributed by atoms with Crippen LogP contribution in [0.4, 0.5) is 0 Å². The summed E-state index contributed by atoms with van der Waals surface area (Å²) in [5.74, 6) is 0.0340. The van der Waals surface area contributed by atoms with Gasteiger partial charge in [0.1, 0.15) is 5.75 Å². The van der Waals surface area contributed by atoms with E-state index < -0.39 is 0 Å². The molecule has 4 heteroatoms. The van der Waals surface area contributed by atoms with Gasteiger partial charge in [0.05, 0.1) is 5.56 Å². The molecule has 0 fully saturated rings. The summed E-state index contributed by atoms with van der Waals surface area (Å²) in [6.07, 6.45) is 0.994. The second kappa shape index (κ2) is 5.92. The van der Waals surface area contributed by atoms with Crippen molar-refractivity contribution in [3.8, 4) is 5.75 Å². The Morgan fingerprint density at radius 3 is 2.65 bits per heavy atom. The van der Waals surface area contributed by atoms with Gasteiger partial charge < -0.3 is 10.4 Å². The fourth-order valence-electron chi connectivity index (χ4n) is 1.48. The third kappa shape index (κ3) is 3.63. The highest BCUT2D eigenvalue weighted by molar-refractivity contribution is 6.30. The molecule has 1 aromatic rings. The summed E-state index contributed by atoms with van der Waals surface area (Å²) in [5.41, 5.74) is 0.254. The number of phenols is 1. The number of hydrogen-bond donors (Lipinski definition) is 2. The molecule has 1 aromatic carbocycles. The summed E-state index contributed by atoms with van der Waals surface area (Å²) in [7, 11) is 0. The summed E-state index contributed by atoms with van der Waals surface area (Å²) in [5, 5.41) is 12.9. The number of amides is 1. The molecule has 0 bridgehead atoms. The van der Waals surface area contributed by atoms with E-state index in [1.807, 2.05) is 6.92 Å². The van der Waals surface area contributed by atoms with Crippen LogP contribution in [-0.2, 0) is 0 Å². The van der Waals surface area contributed by atoms with Gasteiger partial charge in [0.15, 0.2) is 0 Å². The van der Waals surface area contributed by atoms with E-state index in [-0.39, 0.29) is 23.3 Å². The molecule has 3 nitrogen and oxygen atoms in total. The average molecular weight is 256 g/mol. The van der Waals surface area contributed by atoms with Crippen LogP contribution in [0.1, 0.15) is 37.6 Å². The van der Waals surface area contributed by atoms with Crippen LogP contribution < -0.4 is 5.32 Å².